The molecule has 4 N–H and O–H groups in total. The fourth-order valence-corrected chi connectivity index (χ4v) is 5.06. The number of nitrogens with zero attached hydrogens (tertiary/aromatic N) is 6. The largest absolute Gasteiger partial charge is 0.391 e. The molecule has 0 unspecified atom stereocenters. The maximum Gasteiger partial charge on any atom is 0.163 e. The predicted octanol–water partition coefficient (Wildman–Crippen LogP) is 2.52. The van der Waals surface area contributed by atoms with Gasteiger partial charge in [0.25, 0.3) is 0 Å². The van der Waals surface area contributed by atoms with Crippen molar-refractivity contribution in [2.45, 2.75) is 56.6 Å². The molecule has 0 amide bonds. The number of hydrogen-bond acceptors (Lipinski definition) is 8. The average Bonchev–Trinajstić information content (AvgIpc) is 3.81. The van der Waals surface area contributed by atoms with E-state index in [1.165, 1.54) is 31.2 Å². The Morgan fingerprint density at radius 1 is 1.06 bits per heavy atom. The van der Waals surface area contributed by atoms with Gasteiger partial charge in [0.15, 0.2) is 11.3 Å². The summed E-state index contributed by atoms with van der Waals surface area (Å²) >= 11 is 0. The molecular weight excluding hydrogens is 442 g/mol. The second-order valence-electron chi connectivity index (χ2n) is 10.3. The van der Waals surface area contributed by atoms with Crippen LogP contribution in [-0.4, -0.2) is 60.0 Å². The topological polar surface area (TPSA) is 117 Å². The number of aliphatic hydroxyl groups excluding tert-OH is 1. The summed E-state index contributed by atoms with van der Waals surface area (Å²) in [6.07, 6.45) is 9.44. The molecule has 0 spiro atoms. The molecule has 10 heteroatoms. The highest BCUT2D eigenvalue weighted by molar-refractivity contribution is 5.61. The van der Waals surface area contributed by atoms with Gasteiger partial charge >= 0.3 is 0 Å². The summed E-state index contributed by atoms with van der Waals surface area (Å²) in [6.45, 7) is 2.84. The summed E-state index contributed by atoms with van der Waals surface area (Å²) in [5.41, 5.74) is 5.06. The third-order valence-electron chi connectivity index (χ3n) is 7.49. The Labute approximate surface area is 203 Å². The molecule has 0 radical (unpaired) electrons. The fourth-order valence-electron chi connectivity index (χ4n) is 5.06. The Morgan fingerprint density at radius 3 is 2.77 bits per heavy atom. The van der Waals surface area contributed by atoms with Crippen LogP contribution in [-0.2, 0) is 6.54 Å². The molecule has 2 aliphatic carbocycles. The number of aliphatic hydroxyl groups is 1. The second-order valence-corrected chi connectivity index (χ2v) is 10.3. The lowest BCUT2D eigenvalue weighted by Gasteiger charge is -2.28. The molecule has 1 aliphatic heterocycles. The van der Waals surface area contributed by atoms with Crippen LogP contribution in [0.3, 0.4) is 0 Å². The third-order valence-corrected chi connectivity index (χ3v) is 7.49. The molecule has 35 heavy (non-hydrogen) atoms. The number of anilines is 2. The number of piperidine rings is 1. The van der Waals surface area contributed by atoms with E-state index in [9.17, 15) is 5.11 Å². The normalized spacial score (nSPS) is 22.7. The molecule has 2 atom stereocenters. The second kappa shape index (κ2) is 8.46. The van der Waals surface area contributed by atoms with E-state index in [-0.39, 0.29) is 12.0 Å². The van der Waals surface area contributed by atoms with E-state index >= 15 is 0 Å². The number of β-amino-alcohol motifs (C(OH)–C–C–N with tert-alkyl or cyclic N) is 1. The number of aromatic nitrogens is 6. The minimum Gasteiger partial charge on any atom is -0.391 e. The lowest BCUT2D eigenvalue weighted by atomic mass is 9.95. The first-order valence-electron chi connectivity index (χ1n) is 12.8. The Kier molecular flexibility index (Phi) is 5.09. The SMILES string of the molecule is O[C@H]1CNCC[C@@H]1CNc1cc(NCc2cn3nc(C4CC4)ccc3n2)n2ncc(C3CC3)c2n1. The van der Waals surface area contributed by atoms with Crippen LogP contribution in [0, 0.1) is 5.92 Å². The molecular formula is C25H31N9O. The Balaban J connectivity index is 1.14. The number of fused-ring (bicyclic) bond motifs is 2. The molecule has 3 fully saturated rings. The van der Waals surface area contributed by atoms with Crippen molar-refractivity contribution in [1.29, 1.82) is 0 Å². The molecule has 7 rings (SSSR count). The standard InChI is InChI=1S/C25H31N9O/c35-21-13-26-8-7-17(21)10-27-22-9-24(34-25(31-22)19(12-29-34)15-1-2-15)28-11-18-14-33-23(30-18)6-5-20(32-33)16-3-4-16/h5-6,9,12,14-17,21,26,28,35H,1-4,7-8,10-11,13H2,(H,27,31)/t17-,21+/m1/s1. The van der Waals surface area contributed by atoms with Crippen molar-refractivity contribution in [2.24, 2.45) is 5.92 Å². The van der Waals surface area contributed by atoms with E-state index in [1.807, 2.05) is 27.5 Å². The summed E-state index contributed by atoms with van der Waals surface area (Å²) in [7, 11) is 0. The van der Waals surface area contributed by atoms with E-state index in [1.54, 1.807) is 0 Å². The molecule has 4 aromatic heterocycles. The van der Waals surface area contributed by atoms with Gasteiger partial charge in [0.1, 0.15) is 11.6 Å². The summed E-state index contributed by atoms with van der Waals surface area (Å²) in [5, 5.41) is 30.0. The van der Waals surface area contributed by atoms with Crippen molar-refractivity contribution in [3.8, 4) is 0 Å². The molecule has 0 aromatic carbocycles. The van der Waals surface area contributed by atoms with Crippen LogP contribution in [0.2, 0.25) is 0 Å². The van der Waals surface area contributed by atoms with Crippen LogP contribution in [0.25, 0.3) is 11.3 Å². The summed E-state index contributed by atoms with van der Waals surface area (Å²) in [5.74, 6) is 3.06. The van der Waals surface area contributed by atoms with E-state index in [4.69, 9.17) is 15.1 Å². The van der Waals surface area contributed by atoms with E-state index in [0.29, 0.717) is 31.5 Å². The third kappa shape index (κ3) is 4.21. The predicted molar refractivity (Wildman–Crippen MR) is 133 cm³/mol. The van der Waals surface area contributed by atoms with Gasteiger partial charge in [-0.2, -0.15) is 14.7 Å². The Morgan fingerprint density at radius 2 is 1.94 bits per heavy atom. The first-order valence-corrected chi connectivity index (χ1v) is 12.8. The van der Waals surface area contributed by atoms with Gasteiger partial charge in [0, 0.05) is 36.6 Å². The smallest absolute Gasteiger partial charge is 0.163 e. The monoisotopic (exact) mass is 473 g/mol. The highest BCUT2D eigenvalue weighted by Crippen LogP contribution is 2.42. The fraction of sp³-hybridized carbons (Fsp3) is 0.520. The van der Waals surface area contributed by atoms with Gasteiger partial charge in [-0.15, -0.1) is 0 Å². The van der Waals surface area contributed by atoms with E-state index in [2.05, 4.69) is 33.2 Å². The van der Waals surface area contributed by atoms with Gasteiger partial charge in [0.2, 0.25) is 0 Å². The quantitative estimate of drug-likeness (QED) is 0.309. The number of rotatable bonds is 8. The molecule has 4 aromatic rings. The lowest BCUT2D eigenvalue weighted by Crippen LogP contribution is -2.43. The lowest BCUT2D eigenvalue weighted by molar-refractivity contribution is 0.0883. The van der Waals surface area contributed by atoms with Gasteiger partial charge in [-0.1, -0.05) is 0 Å². The highest BCUT2D eigenvalue weighted by Gasteiger charge is 2.29. The molecule has 1 saturated heterocycles. The number of hydrogen-bond donors (Lipinski definition) is 4. The highest BCUT2D eigenvalue weighted by atomic mass is 16.3. The van der Waals surface area contributed by atoms with Crippen LogP contribution in [0.15, 0.2) is 30.6 Å². The maximum absolute atomic E-state index is 10.3. The van der Waals surface area contributed by atoms with Crippen molar-refractivity contribution >= 4 is 22.9 Å². The van der Waals surface area contributed by atoms with Gasteiger partial charge in [-0.05, 0) is 56.7 Å². The molecule has 182 valence electrons. The van der Waals surface area contributed by atoms with Gasteiger partial charge in [-0.25, -0.2) is 14.5 Å². The maximum atomic E-state index is 10.3. The molecule has 2 saturated carbocycles. The minimum absolute atomic E-state index is 0.213. The van der Waals surface area contributed by atoms with Crippen molar-refractivity contribution < 1.29 is 5.11 Å². The molecule has 3 aliphatic rings. The number of imidazole rings is 1. The average molecular weight is 474 g/mol. The first-order chi connectivity index (χ1) is 17.2. The zero-order valence-electron chi connectivity index (χ0n) is 19.7. The van der Waals surface area contributed by atoms with Crippen LogP contribution in [0.5, 0.6) is 0 Å². The summed E-state index contributed by atoms with van der Waals surface area (Å²) in [4.78, 5) is 9.65. The van der Waals surface area contributed by atoms with Crippen molar-refractivity contribution in [3.05, 3.63) is 47.5 Å². The Bertz CT molecular complexity index is 1370. The minimum atomic E-state index is -0.335. The van der Waals surface area contributed by atoms with Gasteiger partial charge < -0.3 is 21.1 Å². The van der Waals surface area contributed by atoms with Gasteiger partial charge in [-0.3, -0.25) is 0 Å². The van der Waals surface area contributed by atoms with Crippen LogP contribution >= 0.6 is 0 Å². The summed E-state index contributed by atoms with van der Waals surface area (Å²) in [6, 6.07) is 6.16. The van der Waals surface area contributed by atoms with Crippen molar-refractivity contribution in [3.63, 3.8) is 0 Å². The zero-order chi connectivity index (χ0) is 23.4. The molecule has 10 nitrogen and oxygen atoms in total. The van der Waals surface area contributed by atoms with Crippen LogP contribution < -0.4 is 16.0 Å². The number of nitrogens with one attached hydrogen (secondary N) is 3. The molecule has 0 bridgehead atoms. The zero-order valence-corrected chi connectivity index (χ0v) is 19.7. The summed E-state index contributed by atoms with van der Waals surface area (Å²) < 4.78 is 3.79. The van der Waals surface area contributed by atoms with E-state index in [0.717, 1.165) is 47.3 Å². The molecule has 5 heterocycles. The van der Waals surface area contributed by atoms with Crippen molar-refractivity contribution in [2.75, 3.05) is 30.3 Å². The van der Waals surface area contributed by atoms with Crippen LogP contribution in [0.4, 0.5) is 11.6 Å². The van der Waals surface area contributed by atoms with E-state index < -0.39 is 0 Å². The van der Waals surface area contributed by atoms with Crippen molar-refractivity contribution in [1.82, 2.24) is 34.5 Å². The first kappa shape index (κ1) is 21.1. The Hall–Kier alpha value is -3.24. The van der Waals surface area contributed by atoms with Gasteiger partial charge in [0.05, 0.1) is 36.4 Å². The van der Waals surface area contributed by atoms with Crippen LogP contribution in [0.1, 0.15) is 60.9 Å².